The third-order valence-electron chi connectivity index (χ3n) is 5.14. The predicted molar refractivity (Wildman–Crippen MR) is 80.1 cm³/mol. The summed E-state index contributed by atoms with van der Waals surface area (Å²) >= 11 is 0. The zero-order valence-corrected chi connectivity index (χ0v) is 12.0. The molecule has 1 aromatic rings. The quantitative estimate of drug-likeness (QED) is 0.826. The Kier molecular flexibility index (Phi) is 3.90. The molecule has 1 saturated heterocycles. The van der Waals surface area contributed by atoms with Crippen molar-refractivity contribution in [1.82, 2.24) is 4.90 Å². The maximum absolute atomic E-state index is 6.62. The first-order valence-corrected chi connectivity index (χ1v) is 7.87. The van der Waals surface area contributed by atoms with Gasteiger partial charge in [-0.2, -0.15) is 0 Å². The van der Waals surface area contributed by atoms with Crippen molar-refractivity contribution in [3.63, 3.8) is 0 Å². The van der Waals surface area contributed by atoms with Crippen molar-refractivity contribution >= 4 is 0 Å². The van der Waals surface area contributed by atoms with E-state index < -0.39 is 0 Å². The summed E-state index contributed by atoms with van der Waals surface area (Å²) in [6.45, 7) is 4.83. The molecule has 0 spiro atoms. The lowest BCUT2D eigenvalue weighted by Gasteiger charge is -2.32. The molecular formula is C17H26N2. The smallest absolute Gasteiger partial charge is 0.0455 e. The standard InChI is InChI=1S/C17H26N2/c1-2-13-10-11-19(12-13)16-9-5-7-14-6-3-4-8-15(14)17(16)18/h3-4,6,8,13,16-17H,2,5,7,9-12,18H2,1H3. The number of nitrogens with zero attached hydrogens (tertiary/aromatic N) is 1. The molecule has 3 atom stereocenters. The number of hydrogen-bond donors (Lipinski definition) is 1. The highest BCUT2D eigenvalue weighted by Gasteiger charge is 2.33. The lowest BCUT2D eigenvalue weighted by molar-refractivity contribution is 0.193. The van der Waals surface area contributed by atoms with E-state index in [1.165, 1.54) is 56.3 Å². The summed E-state index contributed by atoms with van der Waals surface area (Å²) in [6, 6.07) is 9.55. The highest BCUT2D eigenvalue weighted by Crippen LogP contribution is 2.33. The normalized spacial score (nSPS) is 32.0. The van der Waals surface area contributed by atoms with Crippen LogP contribution in [0.1, 0.15) is 49.8 Å². The highest BCUT2D eigenvalue weighted by molar-refractivity contribution is 5.32. The van der Waals surface area contributed by atoms with Crippen LogP contribution in [-0.2, 0) is 6.42 Å². The van der Waals surface area contributed by atoms with Gasteiger partial charge < -0.3 is 5.73 Å². The van der Waals surface area contributed by atoms with Gasteiger partial charge in [0.2, 0.25) is 0 Å². The van der Waals surface area contributed by atoms with Gasteiger partial charge in [-0.05, 0) is 49.3 Å². The Morgan fingerprint density at radius 1 is 1.26 bits per heavy atom. The first kappa shape index (κ1) is 13.1. The molecule has 2 N–H and O–H groups in total. The Balaban J connectivity index is 1.80. The van der Waals surface area contributed by atoms with Gasteiger partial charge in [0.1, 0.15) is 0 Å². The fraction of sp³-hybridized carbons (Fsp3) is 0.647. The molecule has 1 aliphatic carbocycles. The van der Waals surface area contributed by atoms with Crippen molar-refractivity contribution in [1.29, 1.82) is 0 Å². The molecule has 2 nitrogen and oxygen atoms in total. The first-order chi connectivity index (χ1) is 9.29. The fourth-order valence-corrected chi connectivity index (χ4v) is 3.88. The van der Waals surface area contributed by atoms with Crippen LogP contribution in [0.5, 0.6) is 0 Å². The minimum Gasteiger partial charge on any atom is -0.323 e. The maximum atomic E-state index is 6.62. The molecule has 1 aromatic carbocycles. The lowest BCUT2D eigenvalue weighted by atomic mass is 9.96. The van der Waals surface area contributed by atoms with E-state index in [0.717, 1.165) is 5.92 Å². The monoisotopic (exact) mass is 258 g/mol. The van der Waals surface area contributed by atoms with Crippen molar-refractivity contribution < 1.29 is 0 Å². The fourth-order valence-electron chi connectivity index (χ4n) is 3.88. The zero-order chi connectivity index (χ0) is 13.2. The van der Waals surface area contributed by atoms with Crippen LogP contribution in [0.2, 0.25) is 0 Å². The largest absolute Gasteiger partial charge is 0.323 e. The molecule has 0 bridgehead atoms. The van der Waals surface area contributed by atoms with E-state index in [1.54, 1.807) is 0 Å². The third kappa shape index (κ3) is 2.56. The van der Waals surface area contributed by atoms with Gasteiger partial charge in [-0.3, -0.25) is 4.90 Å². The van der Waals surface area contributed by atoms with E-state index in [1.807, 2.05) is 0 Å². The summed E-state index contributed by atoms with van der Waals surface area (Å²) in [7, 11) is 0. The van der Waals surface area contributed by atoms with E-state index >= 15 is 0 Å². The second-order valence-electron chi connectivity index (χ2n) is 6.24. The summed E-state index contributed by atoms with van der Waals surface area (Å²) in [6.07, 6.45) is 6.41. The Bertz CT molecular complexity index is 429. The van der Waals surface area contributed by atoms with Gasteiger partial charge in [0, 0.05) is 18.6 Å². The molecule has 3 rings (SSSR count). The molecule has 0 aromatic heterocycles. The Morgan fingerprint density at radius 2 is 2.11 bits per heavy atom. The van der Waals surface area contributed by atoms with Crippen LogP contribution < -0.4 is 5.73 Å². The number of rotatable bonds is 2. The van der Waals surface area contributed by atoms with Gasteiger partial charge in [0.25, 0.3) is 0 Å². The second-order valence-corrected chi connectivity index (χ2v) is 6.24. The topological polar surface area (TPSA) is 29.3 Å². The molecule has 19 heavy (non-hydrogen) atoms. The number of likely N-dealkylation sites (tertiary alicyclic amines) is 1. The van der Waals surface area contributed by atoms with Crippen LogP contribution in [0.3, 0.4) is 0 Å². The van der Waals surface area contributed by atoms with E-state index in [4.69, 9.17) is 5.73 Å². The summed E-state index contributed by atoms with van der Waals surface area (Å²) in [5, 5.41) is 0. The number of fused-ring (bicyclic) bond motifs is 1. The number of aryl methyl sites for hydroxylation is 1. The molecule has 104 valence electrons. The summed E-state index contributed by atoms with van der Waals surface area (Å²) in [4.78, 5) is 2.67. The Morgan fingerprint density at radius 3 is 2.89 bits per heavy atom. The Labute approximate surface area is 117 Å². The minimum absolute atomic E-state index is 0.203. The second kappa shape index (κ2) is 5.64. The van der Waals surface area contributed by atoms with E-state index in [2.05, 4.69) is 36.1 Å². The van der Waals surface area contributed by atoms with Crippen LogP contribution >= 0.6 is 0 Å². The number of hydrogen-bond acceptors (Lipinski definition) is 2. The van der Waals surface area contributed by atoms with Crippen molar-refractivity contribution in [2.45, 2.75) is 51.1 Å². The SMILES string of the molecule is CCC1CCN(C2CCCc3ccccc3C2N)C1. The number of nitrogens with two attached hydrogens (primary N) is 1. The molecule has 1 aliphatic heterocycles. The number of benzene rings is 1. The third-order valence-corrected chi connectivity index (χ3v) is 5.14. The van der Waals surface area contributed by atoms with E-state index in [9.17, 15) is 0 Å². The van der Waals surface area contributed by atoms with Crippen LogP contribution in [-0.4, -0.2) is 24.0 Å². The van der Waals surface area contributed by atoms with Gasteiger partial charge in [-0.25, -0.2) is 0 Å². The summed E-state index contributed by atoms with van der Waals surface area (Å²) < 4.78 is 0. The van der Waals surface area contributed by atoms with Crippen molar-refractivity contribution in [3.8, 4) is 0 Å². The van der Waals surface area contributed by atoms with Crippen molar-refractivity contribution in [2.24, 2.45) is 11.7 Å². The minimum atomic E-state index is 0.203. The lowest BCUT2D eigenvalue weighted by Crippen LogP contribution is -2.41. The van der Waals surface area contributed by atoms with E-state index in [0.29, 0.717) is 6.04 Å². The first-order valence-electron chi connectivity index (χ1n) is 7.87. The van der Waals surface area contributed by atoms with Crippen molar-refractivity contribution in [2.75, 3.05) is 13.1 Å². The van der Waals surface area contributed by atoms with Crippen LogP contribution in [0.15, 0.2) is 24.3 Å². The summed E-state index contributed by atoms with van der Waals surface area (Å²) in [5.74, 6) is 0.894. The zero-order valence-electron chi connectivity index (χ0n) is 12.0. The molecule has 0 saturated carbocycles. The molecule has 0 amide bonds. The average molecular weight is 258 g/mol. The van der Waals surface area contributed by atoms with Crippen LogP contribution in [0.25, 0.3) is 0 Å². The Hall–Kier alpha value is -0.860. The van der Waals surface area contributed by atoms with Gasteiger partial charge in [0.05, 0.1) is 0 Å². The average Bonchev–Trinajstić information content (AvgIpc) is 2.85. The molecular weight excluding hydrogens is 232 g/mol. The molecule has 2 aliphatic rings. The van der Waals surface area contributed by atoms with Crippen LogP contribution in [0.4, 0.5) is 0 Å². The van der Waals surface area contributed by atoms with Gasteiger partial charge in [0.15, 0.2) is 0 Å². The molecule has 2 heteroatoms. The summed E-state index contributed by atoms with van der Waals surface area (Å²) in [5.41, 5.74) is 9.48. The molecule has 3 unspecified atom stereocenters. The molecule has 1 fully saturated rings. The van der Waals surface area contributed by atoms with Gasteiger partial charge >= 0.3 is 0 Å². The van der Waals surface area contributed by atoms with Gasteiger partial charge in [-0.1, -0.05) is 37.6 Å². The van der Waals surface area contributed by atoms with Crippen LogP contribution in [0, 0.1) is 5.92 Å². The van der Waals surface area contributed by atoms with Crippen molar-refractivity contribution in [3.05, 3.63) is 35.4 Å². The highest BCUT2D eigenvalue weighted by atomic mass is 15.2. The van der Waals surface area contributed by atoms with Gasteiger partial charge in [-0.15, -0.1) is 0 Å². The maximum Gasteiger partial charge on any atom is 0.0455 e. The van der Waals surface area contributed by atoms with E-state index in [-0.39, 0.29) is 6.04 Å². The molecule has 0 radical (unpaired) electrons. The molecule has 1 heterocycles. The predicted octanol–water partition coefficient (Wildman–Crippen LogP) is 3.12.